The third-order valence-corrected chi connectivity index (χ3v) is 2.45. The average molecular weight is 229 g/mol. The lowest BCUT2D eigenvalue weighted by Gasteiger charge is -2.06. The summed E-state index contributed by atoms with van der Waals surface area (Å²) in [5.74, 6) is 0.829. The van der Waals surface area contributed by atoms with Gasteiger partial charge in [0.15, 0.2) is 0 Å². The van der Waals surface area contributed by atoms with Crippen LogP contribution in [0.3, 0.4) is 0 Å². The summed E-state index contributed by atoms with van der Waals surface area (Å²) in [5, 5.41) is 8.80. The van der Waals surface area contributed by atoms with E-state index in [4.69, 9.17) is 9.84 Å². The first-order valence-electron chi connectivity index (χ1n) is 5.60. The summed E-state index contributed by atoms with van der Waals surface area (Å²) in [6.45, 7) is 0.697. The normalized spacial score (nSPS) is 10.2. The van der Waals surface area contributed by atoms with Crippen LogP contribution in [0.5, 0.6) is 5.75 Å². The first-order chi connectivity index (χ1) is 8.38. The number of rotatable bonds is 5. The minimum Gasteiger partial charge on any atom is -0.489 e. The zero-order valence-corrected chi connectivity index (χ0v) is 9.54. The smallest absolute Gasteiger partial charge is 0.119 e. The summed E-state index contributed by atoms with van der Waals surface area (Å²) in [5.41, 5.74) is 2.16. The van der Waals surface area contributed by atoms with Crippen LogP contribution in [-0.2, 0) is 13.0 Å². The summed E-state index contributed by atoms with van der Waals surface area (Å²) >= 11 is 0. The summed E-state index contributed by atoms with van der Waals surface area (Å²) in [4.78, 5) is 4.03. The van der Waals surface area contributed by atoms with Crippen LogP contribution >= 0.6 is 0 Å². The van der Waals surface area contributed by atoms with Gasteiger partial charge in [0.25, 0.3) is 0 Å². The van der Waals surface area contributed by atoms with E-state index >= 15 is 0 Å². The van der Waals surface area contributed by atoms with E-state index in [1.54, 1.807) is 12.4 Å². The average Bonchev–Trinajstić information content (AvgIpc) is 2.40. The van der Waals surface area contributed by atoms with E-state index in [1.165, 1.54) is 0 Å². The molecule has 2 rings (SSSR count). The lowest BCUT2D eigenvalue weighted by molar-refractivity contribution is 0.298. The maximum absolute atomic E-state index is 8.80. The molecule has 0 atom stereocenters. The molecule has 0 aliphatic carbocycles. The molecule has 0 saturated carbocycles. The fourth-order valence-electron chi connectivity index (χ4n) is 1.53. The Morgan fingerprint density at radius 2 is 1.88 bits per heavy atom. The SMILES string of the molecule is OCCc1ccc(OCc2cccnc2)cc1. The van der Waals surface area contributed by atoms with Gasteiger partial charge in [0.2, 0.25) is 0 Å². The Bertz CT molecular complexity index is 440. The molecule has 0 amide bonds. The molecule has 0 bridgehead atoms. The minimum atomic E-state index is 0.176. The standard InChI is InChI=1S/C14H15NO2/c16-9-7-12-3-5-14(6-4-12)17-11-13-2-1-8-15-10-13/h1-6,8,10,16H,7,9,11H2. The monoisotopic (exact) mass is 229 g/mol. The van der Waals surface area contributed by atoms with Gasteiger partial charge in [-0.3, -0.25) is 4.98 Å². The van der Waals surface area contributed by atoms with E-state index in [0.717, 1.165) is 16.9 Å². The molecule has 0 radical (unpaired) electrons. The Kier molecular flexibility index (Phi) is 4.11. The number of hydrogen-bond donors (Lipinski definition) is 1. The second kappa shape index (κ2) is 6.01. The van der Waals surface area contributed by atoms with Gasteiger partial charge in [0.1, 0.15) is 12.4 Å². The number of ether oxygens (including phenoxy) is 1. The van der Waals surface area contributed by atoms with Gasteiger partial charge in [0.05, 0.1) is 0 Å². The third kappa shape index (κ3) is 3.57. The van der Waals surface area contributed by atoms with Gasteiger partial charge in [-0.15, -0.1) is 0 Å². The van der Waals surface area contributed by atoms with Crippen LogP contribution in [0.15, 0.2) is 48.8 Å². The first kappa shape index (κ1) is 11.6. The predicted octanol–water partition coefficient (Wildman–Crippen LogP) is 2.20. The van der Waals surface area contributed by atoms with Crippen LogP contribution in [-0.4, -0.2) is 16.7 Å². The summed E-state index contributed by atoms with van der Waals surface area (Å²) in [6.07, 6.45) is 4.22. The van der Waals surface area contributed by atoms with E-state index in [0.29, 0.717) is 13.0 Å². The molecule has 1 heterocycles. The Morgan fingerprint density at radius 3 is 2.53 bits per heavy atom. The maximum atomic E-state index is 8.80. The van der Waals surface area contributed by atoms with Gasteiger partial charge in [-0.1, -0.05) is 18.2 Å². The molecular weight excluding hydrogens is 214 g/mol. The topological polar surface area (TPSA) is 42.4 Å². The van der Waals surface area contributed by atoms with Gasteiger partial charge in [-0.05, 0) is 30.2 Å². The zero-order chi connectivity index (χ0) is 11.9. The Hall–Kier alpha value is -1.87. The van der Waals surface area contributed by atoms with Gasteiger partial charge in [0, 0.05) is 24.6 Å². The van der Waals surface area contributed by atoms with Crippen LogP contribution in [0.25, 0.3) is 0 Å². The van der Waals surface area contributed by atoms with Crippen LogP contribution in [0.4, 0.5) is 0 Å². The molecule has 0 unspecified atom stereocenters. The predicted molar refractivity (Wildman–Crippen MR) is 65.8 cm³/mol. The molecule has 17 heavy (non-hydrogen) atoms. The molecule has 3 heteroatoms. The minimum absolute atomic E-state index is 0.176. The zero-order valence-electron chi connectivity index (χ0n) is 9.54. The van der Waals surface area contributed by atoms with Crippen molar-refractivity contribution < 1.29 is 9.84 Å². The van der Waals surface area contributed by atoms with Gasteiger partial charge in [-0.2, -0.15) is 0 Å². The highest BCUT2D eigenvalue weighted by Gasteiger charge is 1.96. The van der Waals surface area contributed by atoms with Gasteiger partial charge < -0.3 is 9.84 Å². The second-order valence-corrected chi connectivity index (χ2v) is 3.77. The second-order valence-electron chi connectivity index (χ2n) is 3.77. The number of benzene rings is 1. The quantitative estimate of drug-likeness (QED) is 0.854. The Morgan fingerprint density at radius 1 is 1.06 bits per heavy atom. The molecule has 0 aliphatic heterocycles. The fourth-order valence-corrected chi connectivity index (χ4v) is 1.53. The molecule has 1 N–H and O–H groups in total. The number of pyridine rings is 1. The number of aliphatic hydroxyl groups excluding tert-OH is 1. The van der Waals surface area contributed by atoms with Crippen LogP contribution in [0.1, 0.15) is 11.1 Å². The highest BCUT2D eigenvalue weighted by atomic mass is 16.5. The summed E-state index contributed by atoms with van der Waals surface area (Å²) in [6, 6.07) is 11.6. The Balaban J connectivity index is 1.91. The fraction of sp³-hybridized carbons (Fsp3) is 0.214. The van der Waals surface area contributed by atoms with E-state index in [9.17, 15) is 0 Å². The lowest BCUT2D eigenvalue weighted by atomic mass is 10.1. The maximum Gasteiger partial charge on any atom is 0.119 e. The number of nitrogens with zero attached hydrogens (tertiary/aromatic N) is 1. The first-order valence-corrected chi connectivity index (χ1v) is 5.60. The van der Waals surface area contributed by atoms with E-state index in [-0.39, 0.29) is 6.61 Å². The molecule has 3 nitrogen and oxygen atoms in total. The molecule has 1 aromatic heterocycles. The van der Waals surface area contributed by atoms with Gasteiger partial charge in [-0.25, -0.2) is 0 Å². The molecule has 1 aromatic carbocycles. The molecule has 0 spiro atoms. The molecule has 2 aromatic rings. The number of aliphatic hydroxyl groups is 1. The van der Waals surface area contributed by atoms with Crippen LogP contribution < -0.4 is 4.74 Å². The van der Waals surface area contributed by atoms with Crippen molar-refractivity contribution in [2.75, 3.05) is 6.61 Å². The largest absolute Gasteiger partial charge is 0.489 e. The van der Waals surface area contributed by atoms with Crippen molar-refractivity contribution in [1.29, 1.82) is 0 Å². The third-order valence-electron chi connectivity index (χ3n) is 2.45. The summed E-state index contributed by atoms with van der Waals surface area (Å²) in [7, 11) is 0. The van der Waals surface area contributed by atoms with Crippen molar-refractivity contribution in [2.45, 2.75) is 13.0 Å². The molecule has 88 valence electrons. The molecule has 0 fully saturated rings. The van der Waals surface area contributed by atoms with Crippen molar-refractivity contribution in [3.8, 4) is 5.75 Å². The van der Waals surface area contributed by atoms with Crippen molar-refractivity contribution in [1.82, 2.24) is 4.98 Å². The van der Waals surface area contributed by atoms with Gasteiger partial charge >= 0.3 is 0 Å². The highest BCUT2D eigenvalue weighted by Crippen LogP contribution is 2.14. The number of hydrogen-bond acceptors (Lipinski definition) is 3. The van der Waals surface area contributed by atoms with E-state index < -0.39 is 0 Å². The van der Waals surface area contributed by atoms with Crippen molar-refractivity contribution in [3.63, 3.8) is 0 Å². The van der Waals surface area contributed by atoms with Crippen LogP contribution in [0, 0.1) is 0 Å². The molecular formula is C14H15NO2. The molecule has 0 aliphatic rings. The Labute approximate surface area is 101 Å². The van der Waals surface area contributed by atoms with Crippen molar-refractivity contribution in [2.24, 2.45) is 0 Å². The highest BCUT2D eigenvalue weighted by molar-refractivity contribution is 5.27. The van der Waals surface area contributed by atoms with Crippen molar-refractivity contribution >= 4 is 0 Å². The van der Waals surface area contributed by atoms with Crippen molar-refractivity contribution in [3.05, 3.63) is 59.9 Å². The van der Waals surface area contributed by atoms with Crippen LogP contribution in [0.2, 0.25) is 0 Å². The molecule has 0 saturated heterocycles. The number of aromatic nitrogens is 1. The van der Waals surface area contributed by atoms with E-state index in [2.05, 4.69) is 4.98 Å². The summed E-state index contributed by atoms with van der Waals surface area (Å²) < 4.78 is 5.62. The van der Waals surface area contributed by atoms with E-state index in [1.807, 2.05) is 36.4 Å². The lowest BCUT2D eigenvalue weighted by Crippen LogP contribution is -1.96.